The van der Waals surface area contributed by atoms with Gasteiger partial charge < -0.3 is 5.32 Å². The van der Waals surface area contributed by atoms with Crippen molar-refractivity contribution in [1.29, 1.82) is 0 Å². The third-order valence-corrected chi connectivity index (χ3v) is 3.60. The second-order valence-electron chi connectivity index (χ2n) is 4.78. The quantitative estimate of drug-likeness (QED) is 0.861. The first kappa shape index (κ1) is 13.7. The normalized spacial score (nSPS) is 10.7. The molecule has 1 heterocycles. The molecule has 102 valence electrons. The molecule has 0 aliphatic heterocycles. The zero-order valence-electron chi connectivity index (χ0n) is 12.1. The van der Waals surface area contributed by atoms with Gasteiger partial charge in [-0.05, 0) is 30.0 Å². The first-order chi connectivity index (χ1) is 9.26. The molecular weight excluding hydrogens is 234 g/mol. The van der Waals surface area contributed by atoms with Crippen molar-refractivity contribution in [2.45, 2.75) is 33.1 Å². The van der Waals surface area contributed by atoms with Gasteiger partial charge in [0, 0.05) is 37.6 Å². The second kappa shape index (κ2) is 6.41. The molecule has 19 heavy (non-hydrogen) atoms. The van der Waals surface area contributed by atoms with Crippen LogP contribution in [-0.4, -0.2) is 16.3 Å². The van der Waals surface area contributed by atoms with Gasteiger partial charge in [-0.3, -0.25) is 4.68 Å². The van der Waals surface area contributed by atoms with Crippen molar-refractivity contribution in [2.24, 2.45) is 7.05 Å². The van der Waals surface area contributed by atoms with E-state index < -0.39 is 0 Å². The van der Waals surface area contributed by atoms with Crippen LogP contribution in [0.15, 0.2) is 30.5 Å². The van der Waals surface area contributed by atoms with Gasteiger partial charge in [0.2, 0.25) is 0 Å². The molecule has 2 aromatic rings. The molecule has 0 radical (unpaired) electrons. The topological polar surface area (TPSA) is 29.9 Å². The van der Waals surface area contributed by atoms with Crippen LogP contribution in [-0.2, 0) is 26.3 Å². The molecule has 0 amide bonds. The van der Waals surface area contributed by atoms with Crippen LogP contribution < -0.4 is 5.32 Å². The van der Waals surface area contributed by atoms with E-state index in [1.54, 1.807) is 0 Å². The maximum absolute atomic E-state index is 4.20. The van der Waals surface area contributed by atoms with Crippen LogP contribution in [0.25, 0.3) is 0 Å². The molecule has 0 saturated carbocycles. The molecular formula is C16H23N3. The number of rotatable bonds is 6. The highest BCUT2D eigenvalue weighted by Gasteiger charge is 2.06. The molecule has 2 rings (SSSR count). The molecule has 0 spiro atoms. The predicted molar refractivity (Wildman–Crippen MR) is 80.6 cm³/mol. The van der Waals surface area contributed by atoms with Gasteiger partial charge in [-0.1, -0.05) is 32.0 Å². The van der Waals surface area contributed by atoms with E-state index in [2.05, 4.69) is 48.5 Å². The van der Waals surface area contributed by atoms with Gasteiger partial charge in [-0.2, -0.15) is 5.10 Å². The lowest BCUT2D eigenvalue weighted by Gasteiger charge is -2.15. The smallest absolute Gasteiger partial charge is 0.0492 e. The standard InChI is InChI=1S/C16H23N3/c1-4-13-7-6-8-14(5-2)16(13)17-11-9-15-10-12-18-19(15)3/h6-8,10,12,17H,4-5,9,11H2,1-3H3. The van der Waals surface area contributed by atoms with Gasteiger partial charge >= 0.3 is 0 Å². The number of nitrogens with zero attached hydrogens (tertiary/aromatic N) is 2. The fraction of sp³-hybridized carbons (Fsp3) is 0.438. The number of aromatic nitrogens is 2. The summed E-state index contributed by atoms with van der Waals surface area (Å²) < 4.78 is 1.94. The lowest BCUT2D eigenvalue weighted by Crippen LogP contribution is -2.11. The van der Waals surface area contributed by atoms with Crippen LogP contribution >= 0.6 is 0 Å². The highest BCUT2D eigenvalue weighted by atomic mass is 15.3. The van der Waals surface area contributed by atoms with Gasteiger partial charge in [0.15, 0.2) is 0 Å². The predicted octanol–water partition coefficient (Wildman–Crippen LogP) is 3.20. The monoisotopic (exact) mass is 257 g/mol. The Labute approximate surface area is 115 Å². The van der Waals surface area contributed by atoms with E-state index in [0.29, 0.717) is 0 Å². The van der Waals surface area contributed by atoms with Crippen LogP contribution in [0.5, 0.6) is 0 Å². The number of hydrogen-bond donors (Lipinski definition) is 1. The van der Waals surface area contributed by atoms with Crippen molar-refractivity contribution in [3.63, 3.8) is 0 Å². The van der Waals surface area contributed by atoms with Crippen LogP contribution in [0.3, 0.4) is 0 Å². The summed E-state index contributed by atoms with van der Waals surface area (Å²) in [6.07, 6.45) is 4.99. The van der Waals surface area contributed by atoms with Crippen molar-refractivity contribution >= 4 is 5.69 Å². The third kappa shape index (κ3) is 3.16. The van der Waals surface area contributed by atoms with Crippen molar-refractivity contribution < 1.29 is 0 Å². The first-order valence-electron chi connectivity index (χ1n) is 7.07. The minimum Gasteiger partial charge on any atom is -0.384 e. The van der Waals surface area contributed by atoms with Gasteiger partial charge in [0.25, 0.3) is 0 Å². The molecule has 0 fully saturated rings. The summed E-state index contributed by atoms with van der Waals surface area (Å²) in [5, 5.41) is 7.81. The fourth-order valence-corrected chi connectivity index (χ4v) is 2.43. The van der Waals surface area contributed by atoms with Gasteiger partial charge in [0.1, 0.15) is 0 Å². The summed E-state index contributed by atoms with van der Waals surface area (Å²) >= 11 is 0. The lowest BCUT2D eigenvalue weighted by molar-refractivity contribution is 0.711. The highest BCUT2D eigenvalue weighted by molar-refractivity contribution is 5.57. The largest absolute Gasteiger partial charge is 0.384 e. The Morgan fingerprint density at radius 1 is 1.11 bits per heavy atom. The Hall–Kier alpha value is -1.77. The molecule has 0 saturated heterocycles. The van der Waals surface area contributed by atoms with Crippen molar-refractivity contribution in [2.75, 3.05) is 11.9 Å². The Kier molecular flexibility index (Phi) is 4.61. The van der Waals surface area contributed by atoms with Gasteiger partial charge in [0.05, 0.1) is 0 Å². The number of benzene rings is 1. The van der Waals surface area contributed by atoms with Crippen LogP contribution in [0.4, 0.5) is 5.69 Å². The van der Waals surface area contributed by atoms with Crippen LogP contribution in [0, 0.1) is 0 Å². The zero-order valence-corrected chi connectivity index (χ0v) is 12.1. The number of anilines is 1. The molecule has 1 aromatic heterocycles. The van der Waals surface area contributed by atoms with E-state index in [-0.39, 0.29) is 0 Å². The molecule has 0 unspecified atom stereocenters. The van der Waals surface area contributed by atoms with Crippen molar-refractivity contribution in [3.8, 4) is 0 Å². The van der Waals surface area contributed by atoms with Crippen LogP contribution in [0.1, 0.15) is 30.7 Å². The molecule has 0 bridgehead atoms. The average Bonchev–Trinajstić information content (AvgIpc) is 2.84. The fourth-order valence-electron chi connectivity index (χ4n) is 2.43. The van der Waals surface area contributed by atoms with Crippen LogP contribution in [0.2, 0.25) is 0 Å². The number of para-hydroxylation sites is 1. The summed E-state index contributed by atoms with van der Waals surface area (Å²) in [6, 6.07) is 8.66. The maximum Gasteiger partial charge on any atom is 0.0492 e. The summed E-state index contributed by atoms with van der Waals surface area (Å²) in [6.45, 7) is 5.37. The summed E-state index contributed by atoms with van der Waals surface area (Å²) in [7, 11) is 1.99. The molecule has 1 aromatic carbocycles. The Bertz CT molecular complexity index is 506. The maximum atomic E-state index is 4.20. The third-order valence-electron chi connectivity index (χ3n) is 3.60. The van der Waals surface area contributed by atoms with Gasteiger partial charge in [-0.25, -0.2) is 0 Å². The second-order valence-corrected chi connectivity index (χ2v) is 4.78. The Balaban J connectivity index is 2.04. The van der Waals surface area contributed by atoms with E-state index in [1.165, 1.54) is 22.5 Å². The lowest BCUT2D eigenvalue weighted by atomic mass is 10.0. The minimum absolute atomic E-state index is 0.948. The number of hydrogen-bond acceptors (Lipinski definition) is 2. The van der Waals surface area contributed by atoms with E-state index in [9.17, 15) is 0 Å². The molecule has 1 N–H and O–H groups in total. The van der Waals surface area contributed by atoms with E-state index in [0.717, 1.165) is 25.8 Å². The summed E-state index contributed by atoms with van der Waals surface area (Å²) in [5.41, 5.74) is 5.41. The molecule has 3 heteroatoms. The Morgan fingerprint density at radius 2 is 1.79 bits per heavy atom. The van der Waals surface area contributed by atoms with E-state index in [4.69, 9.17) is 0 Å². The SMILES string of the molecule is CCc1cccc(CC)c1NCCc1ccnn1C. The minimum atomic E-state index is 0.948. The van der Waals surface area contributed by atoms with E-state index in [1.807, 2.05) is 17.9 Å². The van der Waals surface area contributed by atoms with Crippen molar-refractivity contribution in [3.05, 3.63) is 47.3 Å². The van der Waals surface area contributed by atoms with Gasteiger partial charge in [-0.15, -0.1) is 0 Å². The summed E-state index contributed by atoms with van der Waals surface area (Å²) in [4.78, 5) is 0. The van der Waals surface area contributed by atoms with E-state index >= 15 is 0 Å². The summed E-state index contributed by atoms with van der Waals surface area (Å²) in [5.74, 6) is 0. The molecule has 0 aliphatic rings. The number of nitrogens with one attached hydrogen (secondary N) is 1. The molecule has 0 aliphatic carbocycles. The number of aryl methyl sites for hydroxylation is 3. The molecule has 0 atom stereocenters. The highest BCUT2D eigenvalue weighted by Crippen LogP contribution is 2.22. The molecule has 3 nitrogen and oxygen atoms in total. The average molecular weight is 257 g/mol. The van der Waals surface area contributed by atoms with Crippen molar-refractivity contribution in [1.82, 2.24) is 9.78 Å². The zero-order chi connectivity index (χ0) is 13.7. The first-order valence-corrected chi connectivity index (χ1v) is 7.07. The Morgan fingerprint density at radius 3 is 2.32 bits per heavy atom.